The maximum Gasteiger partial charge on any atom is 0.302 e. The molecular weight excluding hydrogens is 416 g/mol. The summed E-state index contributed by atoms with van der Waals surface area (Å²) in [5.41, 5.74) is 1.60. The second-order valence-electron chi connectivity index (χ2n) is 15.4. The number of fused-ring (bicyclic) bond motifs is 7. The van der Waals surface area contributed by atoms with Crippen LogP contribution in [0.5, 0.6) is 0 Å². The molecule has 0 radical (unpaired) electrons. The van der Waals surface area contributed by atoms with Gasteiger partial charge in [-0.25, -0.2) is 0 Å². The lowest BCUT2D eigenvalue weighted by molar-refractivity contribution is -0.218. The van der Waals surface area contributed by atoms with Crippen LogP contribution in [0.4, 0.5) is 0 Å². The lowest BCUT2D eigenvalue weighted by Gasteiger charge is -2.71. The minimum absolute atomic E-state index is 0.0327. The van der Waals surface area contributed by atoms with Gasteiger partial charge in [-0.2, -0.15) is 0 Å². The molecule has 4 saturated carbocycles. The second kappa shape index (κ2) is 7.61. The average Bonchev–Trinajstić information content (AvgIpc) is 3.08. The molecule has 0 aliphatic heterocycles. The molecule has 0 heterocycles. The molecule has 10 atom stereocenters. The summed E-state index contributed by atoms with van der Waals surface area (Å²) in [7, 11) is 0. The third kappa shape index (κ3) is 3.08. The summed E-state index contributed by atoms with van der Waals surface area (Å²) < 4.78 is 5.90. The first kappa shape index (κ1) is 24.9. The largest absolute Gasteiger partial charge is 0.462 e. The Hall–Kier alpha value is -0.790. The zero-order chi connectivity index (χ0) is 24.9. The topological polar surface area (TPSA) is 26.3 Å². The van der Waals surface area contributed by atoms with Crippen LogP contribution < -0.4 is 0 Å². The van der Waals surface area contributed by atoms with Crippen molar-refractivity contribution in [1.29, 1.82) is 0 Å². The Morgan fingerprint density at radius 1 is 0.853 bits per heavy atom. The molecule has 4 fully saturated rings. The van der Waals surface area contributed by atoms with Gasteiger partial charge in [0.1, 0.15) is 6.10 Å². The summed E-state index contributed by atoms with van der Waals surface area (Å²) in [6.07, 6.45) is 16.0. The first-order valence-corrected chi connectivity index (χ1v) is 14.6. The van der Waals surface area contributed by atoms with Crippen LogP contribution in [-0.4, -0.2) is 12.1 Å². The molecule has 2 nitrogen and oxygen atoms in total. The molecule has 0 unspecified atom stereocenters. The van der Waals surface area contributed by atoms with E-state index in [1.165, 1.54) is 44.9 Å². The van der Waals surface area contributed by atoms with Gasteiger partial charge in [0.25, 0.3) is 0 Å². The molecule has 0 aromatic heterocycles. The van der Waals surface area contributed by atoms with E-state index in [1.807, 2.05) is 0 Å². The molecule has 2 heteroatoms. The smallest absolute Gasteiger partial charge is 0.302 e. The summed E-state index contributed by atoms with van der Waals surface area (Å²) in [6.45, 7) is 22.0. The normalized spacial score (nSPS) is 53.5. The predicted molar refractivity (Wildman–Crippen MR) is 140 cm³/mol. The quantitative estimate of drug-likeness (QED) is 0.300. The molecule has 0 N–H and O–H groups in total. The number of rotatable bonds is 2. The van der Waals surface area contributed by atoms with E-state index >= 15 is 0 Å². The van der Waals surface area contributed by atoms with Crippen LogP contribution in [0.3, 0.4) is 0 Å². The predicted octanol–water partition coefficient (Wildman–Crippen LogP) is 8.45. The van der Waals surface area contributed by atoms with E-state index in [0.29, 0.717) is 28.1 Å². The van der Waals surface area contributed by atoms with Gasteiger partial charge < -0.3 is 4.74 Å². The molecule has 5 aliphatic rings. The molecule has 0 amide bonds. The van der Waals surface area contributed by atoms with Gasteiger partial charge >= 0.3 is 5.97 Å². The third-order valence-electron chi connectivity index (χ3n) is 13.5. The van der Waals surface area contributed by atoms with E-state index in [-0.39, 0.29) is 22.9 Å². The van der Waals surface area contributed by atoms with E-state index in [9.17, 15) is 4.79 Å². The monoisotopic (exact) mass is 468 g/mol. The Morgan fingerprint density at radius 3 is 2.21 bits per heavy atom. The molecule has 34 heavy (non-hydrogen) atoms. The minimum atomic E-state index is -0.114. The molecule has 5 rings (SSSR count). The maximum atomic E-state index is 11.9. The fourth-order valence-corrected chi connectivity index (χ4v) is 11.4. The Balaban J connectivity index is 1.54. The number of allylic oxidation sites excluding steroid dienone is 2. The van der Waals surface area contributed by atoms with E-state index in [4.69, 9.17) is 4.74 Å². The highest BCUT2D eigenvalue weighted by molar-refractivity contribution is 5.66. The molecule has 5 aliphatic carbocycles. The van der Waals surface area contributed by atoms with E-state index in [2.05, 4.69) is 67.5 Å². The lowest BCUT2D eigenvalue weighted by atomic mass is 9.33. The van der Waals surface area contributed by atoms with Gasteiger partial charge in [-0.15, -0.1) is 0 Å². The van der Waals surface area contributed by atoms with Gasteiger partial charge in [0, 0.05) is 12.3 Å². The SMILES string of the molecule is CC(=O)O[C@H]1CC[C@]2(C)[C@H]3C=C[C@@H]4[C@H]5[C@H](C(C)C)CC[C@]5(C)CC[C@@]4(C)[C@]3(C)CC[C@H]2C1(C)C. The van der Waals surface area contributed by atoms with Crippen LogP contribution in [0.2, 0.25) is 0 Å². The zero-order valence-corrected chi connectivity index (χ0v) is 23.7. The van der Waals surface area contributed by atoms with Gasteiger partial charge in [0.2, 0.25) is 0 Å². The fraction of sp³-hybridized carbons (Fsp3) is 0.906. The van der Waals surface area contributed by atoms with E-state index in [1.54, 1.807) is 6.92 Å². The number of esters is 1. The van der Waals surface area contributed by atoms with Crippen LogP contribution in [0.25, 0.3) is 0 Å². The van der Waals surface area contributed by atoms with Gasteiger partial charge in [0.15, 0.2) is 0 Å². The van der Waals surface area contributed by atoms with Crippen molar-refractivity contribution in [2.75, 3.05) is 0 Å². The van der Waals surface area contributed by atoms with Crippen LogP contribution >= 0.6 is 0 Å². The van der Waals surface area contributed by atoms with Gasteiger partial charge in [-0.05, 0) is 109 Å². The molecule has 0 saturated heterocycles. The second-order valence-corrected chi connectivity index (χ2v) is 15.4. The summed E-state index contributed by atoms with van der Waals surface area (Å²) in [4.78, 5) is 11.9. The minimum Gasteiger partial charge on any atom is -0.462 e. The number of carbonyl (C=O) groups is 1. The van der Waals surface area contributed by atoms with Crippen molar-refractivity contribution in [3.8, 4) is 0 Å². The highest BCUT2D eigenvalue weighted by Crippen LogP contribution is 2.76. The molecule has 0 bridgehead atoms. The first-order valence-electron chi connectivity index (χ1n) is 14.6. The van der Waals surface area contributed by atoms with Gasteiger partial charge in [-0.1, -0.05) is 67.5 Å². The van der Waals surface area contributed by atoms with Crippen molar-refractivity contribution < 1.29 is 9.53 Å². The highest BCUT2D eigenvalue weighted by atomic mass is 16.5. The van der Waals surface area contributed by atoms with E-state index in [0.717, 1.165) is 30.1 Å². The van der Waals surface area contributed by atoms with Crippen molar-refractivity contribution in [2.24, 2.45) is 62.6 Å². The van der Waals surface area contributed by atoms with Crippen molar-refractivity contribution >= 4 is 5.97 Å². The molecular formula is C32H52O2. The van der Waals surface area contributed by atoms with Crippen LogP contribution in [0, 0.1) is 62.6 Å². The summed E-state index contributed by atoms with van der Waals surface area (Å²) in [5.74, 6) is 4.36. The van der Waals surface area contributed by atoms with Crippen molar-refractivity contribution in [2.45, 2.75) is 120 Å². The number of hydrogen-bond acceptors (Lipinski definition) is 2. The Bertz CT molecular complexity index is 870. The standard InChI is InChI=1S/C32H52O2/c1-20(2)22-12-15-29(6)18-19-31(8)23(27(22)29)10-11-25-30(7)16-14-26(34-21(3)33)28(4,5)24(30)13-17-32(25,31)9/h10-11,20,22-27H,12-19H2,1-9H3/t22-,23+,24-,25+,26-,27+,29+,30-,31+,32+/m0/s1. The summed E-state index contributed by atoms with van der Waals surface area (Å²) >= 11 is 0. The summed E-state index contributed by atoms with van der Waals surface area (Å²) in [5, 5.41) is 0. The Kier molecular flexibility index (Phi) is 5.57. The first-order chi connectivity index (χ1) is 15.7. The van der Waals surface area contributed by atoms with Crippen LogP contribution in [0.15, 0.2) is 12.2 Å². The van der Waals surface area contributed by atoms with Gasteiger partial charge in [-0.3, -0.25) is 4.79 Å². The molecule has 192 valence electrons. The molecule has 0 aromatic carbocycles. The highest BCUT2D eigenvalue weighted by Gasteiger charge is 2.69. The number of carbonyl (C=O) groups excluding carboxylic acids is 1. The zero-order valence-electron chi connectivity index (χ0n) is 23.7. The summed E-state index contributed by atoms with van der Waals surface area (Å²) in [6, 6.07) is 0. The number of ether oxygens (including phenoxy) is 1. The third-order valence-corrected chi connectivity index (χ3v) is 13.5. The van der Waals surface area contributed by atoms with Crippen molar-refractivity contribution in [3.63, 3.8) is 0 Å². The molecule has 0 aromatic rings. The lowest BCUT2D eigenvalue weighted by Crippen LogP contribution is -2.65. The van der Waals surface area contributed by atoms with E-state index < -0.39 is 0 Å². The number of hydrogen-bond donors (Lipinski definition) is 0. The fourth-order valence-electron chi connectivity index (χ4n) is 11.4. The Morgan fingerprint density at radius 2 is 1.56 bits per heavy atom. The van der Waals surface area contributed by atoms with Crippen molar-refractivity contribution in [3.05, 3.63) is 12.2 Å². The van der Waals surface area contributed by atoms with Gasteiger partial charge in [0.05, 0.1) is 0 Å². The maximum absolute atomic E-state index is 11.9. The average molecular weight is 469 g/mol. The molecule has 0 spiro atoms. The van der Waals surface area contributed by atoms with Crippen molar-refractivity contribution in [1.82, 2.24) is 0 Å². The van der Waals surface area contributed by atoms with Crippen LogP contribution in [0.1, 0.15) is 114 Å². The Labute approximate surface area is 210 Å². The van der Waals surface area contributed by atoms with Crippen LogP contribution in [-0.2, 0) is 9.53 Å².